The molecule has 18 heavy (non-hydrogen) atoms. The highest BCUT2D eigenvalue weighted by atomic mass is 32.1. The number of thiazole rings is 1. The van der Waals surface area contributed by atoms with Gasteiger partial charge in [0.25, 0.3) is 0 Å². The van der Waals surface area contributed by atoms with Crippen LogP contribution in [0.4, 0.5) is 5.95 Å². The van der Waals surface area contributed by atoms with Crippen LogP contribution in [0.3, 0.4) is 0 Å². The lowest BCUT2D eigenvalue weighted by molar-refractivity contribution is 0.163. The summed E-state index contributed by atoms with van der Waals surface area (Å²) >= 11 is 1.64. The summed E-state index contributed by atoms with van der Waals surface area (Å²) < 4.78 is 7.30. The molecule has 6 heteroatoms. The van der Waals surface area contributed by atoms with E-state index in [4.69, 9.17) is 4.74 Å². The monoisotopic (exact) mass is 266 g/mol. The summed E-state index contributed by atoms with van der Waals surface area (Å²) in [5.74, 6) is 0.880. The number of ether oxygens (including phenoxy) is 1. The molecule has 0 fully saturated rings. The molecule has 0 radical (unpaired) electrons. The average molecular weight is 266 g/mol. The normalized spacial score (nSPS) is 12.6. The molecular weight excluding hydrogens is 248 g/mol. The van der Waals surface area contributed by atoms with E-state index >= 15 is 0 Å². The largest absolute Gasteiger partial charge is 0.383 e. The number of aromatic nitrogens is 3. The Bertz CT molecular complexity index is 480. The Labute approximate surface area is 111 Å². The van der Waals surface area contributed by atoms with Crippen LogP contribution < -0.4 is 5.32 Å². The van der Waals surface area contributed by atoms with Crippen molar-refractivity contribution in [1.82, 2.24) is 14.5 Å². The number of aryl methyl sites for hydroxylation is 1. The van der Waals surface area contributed by atoms with Gasteiger partial charge in [-0.15, -0.1) is 11.3 Å². The maximum atomic E-state index is 5.19. The van der Waals surface area contributed by atoms with Crippen molar-refractivity contribution in [2.24, 2.45) is 0 Å². The fraction of sp³-hybridized carbons (Fsp3) is 0.500. The third-order valence-corrected chi connectivity index (χ3v) is 3.42. The molecule has 0 aliphatic carbocycles. The van der Waals surface area contributed by atoms with Crippen LogP contribution in [0, 0.1) is 6.92 Å². The molecule has 1 atom stereocenters. The van der Waals surface area contributed by atoms with Crippen molar-refractivity contribution in [2.45, 2.75) is 26.4 Å². The van der Waals surface area contributed by atoms with E-state index in [0.29, 0.717) is 6.61 Å². The lowest BCUT2D eigenvalue weighted by Crippen LogP contribution is -2.14. The average Bonchev–Trinajstić information content (AvgIpc) is 2.95. The summed E-state index contributed by atoms with van der Waals surface area (Å²) in [7, 11) is 1.71. The van der Waals surface area contributed by atoms with Crippen molar-refractivity contribution in [3.05, 3.63) is 28.5 Å². The third-order valence-electron chi connectivity index (χ3n) is 2.64. The summed E-state index contributed by atoms with van der Waals surface area (Å²) in [4.78, 5) is 9.75. The van der Waals surface area contributed by atoms with Crippen LogP contribution in [0.2, 0.25) is 0 Å². The van der Waals surface area contributed by atoms with Gasteiger partial charge in [0.2, 0.25) is 5.95 Å². The number of methoxy groups -OCH3 is 1. The number of nitrogens with zero attached hydrogens (tertiary/aromatic N) is 3. The predicted octanol–water partition coefficient (Wildman–Crippen LogP) is 2.47. The van der Waals surface area contributed by atoms with Crippen molar-refractivity contribution in [1.29, 1.82) is 0 Å². The zero-order valence-corrected chi connectivity index (χ0v) is 11.7. The fourth-order valence-corrected chi connectivity index (χ4v) is 2.33. The van der Waals surface area contributed by atoms with Gasteiger partial charge in [-0.1, -0.05) is 0 Å². The van der Waals surface area contributed by atoms with Crippen LogP contribution >= 0.6 is 11.3 Å². The fourth-order valence-electron chi connectivity index (χ4n) is 1.80. The summed E-state index contributed by atoms with van der Waals surface area (Å²) in [6.45, 7) is 5.53. The molecule has 2 aromatic rings. The minimum absolute atomic E-state index is 0.264. The van der Waals surface area contributed by atoms with E-state index in [1.807, 2.05) is 24.8 Å². The topological polar surface area (TPSA) is 52.0 Å². The molecule has 2 aromatic heterocycles. The van der Waals surface area contributed by atoms with Gasteiger partial charge < -0.3 is 14.6 Å². The van der Waals surface area contributed by atoms with Gasteiger partial charge in [0, 0.05) is 24.4 Å². The van der Waals surface area contributed by atoms with Gasteiger partial charge in [0.1, 0.15) is 0 Å². The summed E-state index contributed by atoms with van der Waals surface area (Å²) in [6.07, 6.45) is 3.91. The Morgan fingerprint density at radius 2 is 2.39 bits per heavy atom. The van der Waals surface area contributed by atoms with Gasteiger partial charge in [-0.05, 0) is 13.8 Å². The quantitative estimate of drug-likeness (QED) is 0.872. The Balaban J connectivity index is 2.07. The molecule has 1 N–H and O–H groups in total. The van der Waals surface area contributed by atoms with Crippen molar-refractivity contribution in [3.63, 3.8) is 0 Å². The van der Waals surface area contributed by atoms with E-state index < -0.39 is 0 Å². The molecule has 98 valence electrons. The highest BCUT2D eigenvalue weighted by Crippen LogP contribution is 2.17. The zero-order chi connectivity index (χ0) is 13.0. The molecular formula is C12H18N4OS. The lowest BCUT2D eigenvalue weighted by Gasteiger charge is -2.15. The Morgan fingerprint density at radius 1 is 1.56 bits per heavy atom. The van der Waals surface area contributed by atoms with Crippen molar-refractivity contribution in [2.75, 3.05) is 19.0 Å². The highest BCUT2D eigenvalue weighted by Gasteiger charge is 2.11. The van der Waals surface area contributed by atoms with Crippen molar-refractivity contribution >= 4 is 17.3 Å². The molecule has 0 spiro atoms. The molecule has 0 aromatic carbocycles. The smallest absolute Gasteiger partial charge is 0.203 e. The first kappa shape index (κ1) is 13.0. The van der Waals surface area contributed by atoms with Crippen LogP contribution in [0.25, 0.3) is 0 Å². The van der Waals surface area contributed by atoms with Crippen molar-refractivity contribution in [3.8, 4) is 0 Å². The van der Waals surface area contributed by atoms with E-state index in [1.54, 1.807) is 18.4 Å². The number of rotatable bonds is 6. The van der Waals surface area contributed by atoms with E-state index in [-0.39, 0.29) is 6.04 Å². The molecule has 2 heterocycles. The molecule has 0 saturated heterocycles. The van der Waals surface area contributed by atoms with Gasteiger partial charge in [0.05, 0.1) is 30.4 Å². The second-order valence-electron chi connectivity index (χ2n) is 4.24. The molecule has 0 amide bonds. The number of imidazole rings is 1. The van der Waals surface area contributed by atoms with Crippen molar-refractivity contribution < 1.29 is 4.74 Å². The highest BCUT2D eigenvalue weighted by molar-refractivity contribution is 7.09. The first-order valence-electron chi connectivity index (χ1n) is 5.86. The van der Waals surface area contributed by atoms with Gasteiger partial charge in [0.15, 0.2) is 0 Å². The summed E-state index contributed by atoms with van der Waals surface area (Å²) in [6, 6.07) is 0.264. The first-order chi connectivity index (χ1) is 8.70. The summed E-state index contributed by atoms with van der Waals surface area (Å²) in [5, 5.41) is 3.34. The number of hydrogen-bond acceptors (Lipinski definition) is 5. The molecule has 0 aliphatic heterocycles. The molecule has 0 bridgehead atoms. The summed E-state index contributed by atoms with van der Waals surface area (Å²) in [5.41, 5.74) is 2.84. The van der Waals surface area contributed by atoms with Crippen LogP contribution in [0.1, 0.15) is 23.5 Å². The van der Waals surface area contributed by atoms with Gasteiger partial charge in [-0.3, -0.25) is 4.98 Å². The van der Waals surface area contributed by atoms with E-state index in [0.717, 1.165) is 18.2 Å². The van der Waals surface area contributed by atoms with Crippen LogP contribution in [-0.4, -0.2) is 28.3 Å². The van der Waals surface area contributed by atoms with Gasteiger partial charge >= 0.3 is 0 Å². The van der Waals surface area contributed by atoms with E-state index in [1.165, 1.54) is 4.88 Å². The standard InChI is InChI=1S/C12H18N4OS/c1-9-6-16(10(2)7-17-3)12(15-9)14-5-11-4-13-8-18-11/h4,6,8,10H,5,7H2,1-3H3,(H,14,15). The first-order valence-corrected chi connectivity index (χ1v) is 6.74. The van der Waals surface area contributed by atoms with E-state index in [9.17, 15) is 0 Å². The number of nitrogens with one attached hydrogen (secondary N) is 1. The molecule has 1 unspecified atom stereocenters. The minimum atomic E-state index is 0.264. The van der Waals surface area contributed by atoms with E-state index in [2.05, 4.69) is 26.8 Å². The Kier molecular flexibility index (Phi) is 4.33. The van der Waals surface area contributed by atoms with Crippen LogP contribution in [-0.2, 0) is 11.3 Å². The SMILES string of the molecule is COCC(C)n1cc(C)nc1NCc1cncs1. The molecule has 5 nitrogen and oxygen atoms in total. The molecule has 0 aliphatic rings. The minimum Gasteiger partial charge on any atom is -0.383 e. The Morgan fingerprint density at radius 3 is 3.06 bits per heavy atom. The van der Waals surface area contributed by atoms with Crippen LogP contribution in [0.5, 0.6) is 0 Å². The third kappa shape index (κ3) is 3.08. The van der Waals surface area contributed by atoms with Gasteiger partial charge in [-0.25, -0.2) is 4.98 Å². The predicted molar refractivity (Wildman–Crippen MR) is 73.0 cm³/mol. The van der Waals surface area contributed by atoms with Crippen LogP contribution in [0.15, 0.2) is 17.9 Å². The maximum Gasteiger partial charge on any atom is 0.203 e. The second-order valence-corrected chi connectivity index (χ2v) is 5.21. The Hall–Kier alpha value is -1.40. The second kappa shape index (κ2) is 5.97. The number of hydrogen-bond donors (Lipinski definition) is 1. The maximum absolute atomic E-state index is 5.19. The number of anilines is 1. The molecule has 2 rings (SSSR count). The molecule has 0 saturated carbocycles. The zero-order valence-electron chi connectivity index (χ0n) is 10.9. The van der Waals surface area contributed by atoms with Gasteiger partial charge in [-0.2, -0.15) is 0 Å². The lowest BCUT2D eigenvalue weighted by atomic mass is 10.3.